The molecule has 1 saturated carbocycles. The standard InChI is InChI=1S/C17H17FN4/c1-17(2,12-4-3-5-13(18)10-12)16-21-20-15-14(11-6-7-11)8-9-19-22(15)16/h3-5,8-11H,6-7H2,1-2H3. The molecular weight excluding hydrogens is 279 g/mol. The molecule has 5 heteroatoms. The van der Waals surface area contributed by atoms with Crippen LogP contribution in [0.5, 0.6) is 0 Å². The van der Waals surface area contributed by atoms with Crippen molar-refractivity contribution in [1.82, 2.24) is 19.8 Å². The Bertz CT molecular complexity index is 849. The highest BCUT2D eigenvalue weighted by Crippen LogP contribution is 2.41. The van der Waals surface area contributed by atoms with E-state index in [1.807, 2.05) is 26.0 Å². The molecule has 0 amide bonds. The molecule has 2 aromatic heterocycles. The third-order valence-electron chi connectivity index (χ3n) is 4.46. The zero-order valence-electron chi connectivity index (χ0n) is 12.6. The van der Waals surface area contributed by atoms with Crippen LogP contribution >= 0.6 is 0 Å². The molecule has 0 unspecified atom stereocenters. The molecule has 0 radical (unpaired) electrons. The van der Waals surface area contributed by atoms with E-state index in [0.717, 1.165) is 17.0 Å². The molecule has 0 bridgehead atoms. The molecule has 0 aliphatic heterocycles. The van der Waals surface area contributed by atoms with Crippen LogP contribution in [-0.4, -0.2) is 19.8 Å². The van der Waals surface area contributed by atoms with Crippen LogP contribution in [0.3, 0.4) is 0 Å². The van der Waals surface area contributed by atoms with Crippen LogP contribution < -0.4 is 0 Å². The molecule has 3 aromatic rings. The van der Waals surface area contributed by atoms with Crippen molar-refractivity contribution in [3.05, 3.63) is 59.3 Å². The van der Waals surface area contributed by atoms with Crippen LogP contribution in [-0.2, 0) is 5.41 Å². The topological polar surface area (TPSA) is 43.1 Å². The zero-order chi connectivity index (χ0) is 15.3. The van der Waals surface area contributed by atoms with Crippen LogP contribution in [0.25, 0.3) is 5.65 Å². The average Bonchev–Trinajstić information content (AvgIpc) is 3.25. The van der Waals surface area contributed by atoms with Gasteiger partial charge in [0.1, 0.15) is 5.82 Å². The quantitative estimate of drug-likeness (QED) is 0.743. The molecule has 22 heavy (non-hydrogen) atoms. The molecule has 4 nitrogen and oxygen atoms in total. The third-order valence-corrected chi connectivity index (χ3v) is 4.46. The van der Waals surface area contributed by atoms with Gasteiger partial charge in [0.15, 0.2) is 11.5 Å². The summed E-state index contributed by atoms with van der Waals surface area (Å²) in [5.74, 6) is 1.07. The number of hydrogen-bond donors (Lipinski definition) is 0. The Hall–Kier alpha value is -2.30. The molecule has 1 fully saturated rings. The molecule has 1 aliphatic carbocycles. The van der Waals surface area contributed by atoms with E-state index in [9.17, 15) is 4.39 Å². The summed E-state index contributed by atoms with van der Waals surface area (Å²) < 4.78 is 15.4. The first-order chi connectivity index (χ1) is 10.6. The molecule has 0 saturated heterocycles. The van der Waals surface area contributed by atoms with Crippen molar-refractivity contribution in [2.45, 2.75) is 38.0 Å². The van der Waals surface area contributed by atoms with Crippen LogP contribution in [0.4, 0.5) is 4.39 Å². The lowest BCUT2D eigenvalue weighted by Gasteiger charge is -2.22. The Labute approximate surface area is 128 Å². The van der Waals surface area contributed by atoms with Crippen molar-refractivity contribution >= 4 is 5.65 Å². The van der Waals surface area contributed by atoms with Crippen molar-refractivity contribution < 1.29 is 4.39 Å². The lowest BCUT2D eigenvalue weighted by atomic mass is 9.84. The molecule has 2 heterocycles. The van der Waals surface area contributed by atoms with E-state index in [1.165, 1.54) is 24.5 Å². The summed E-state index contributed by atoms with van der Waals surface area (Å²) in [4.78, 5) is 0. The first-order valence-corrected chi connectivity index (χ1v) is 7.54. The molecule has 112 valence electrons. The van der Waals surface area contributed by atoms with Crippen molar-refractivity contribution in [3.63, 3.8) is 0 Å². The van der Waals surface area contributed by atoms with E-state index in [4.69, 9.17) is 0 Å². The van der Waals surface area contributed by atoms with E-state index < -0.39 is 5.41 Å². The van der Waals surface area contributed by atoms with Gasteiger partial charge in [-0.25, -0.2) is 4.39 Å². The van der Waals surface area contributed by atoms with Crippen LogP contribution in [0.1, 0.15) is 49.6 Å². The minimum Gasteiger partial charge on any atom is -0.207 e. The van der Waals surface area contributed by atoms with E-state index in [-0.39, 0.29) is 5.82 Å². The van der Waals surface area contributed by atoms with E-state index >= 15 is 0 Å². The summed E-state index contributed by atoms with van der Waals surface area (Å²) in [6.45, 7) is 4.04. The molecule has 0 N–H and O–H groups in total. The summed E-state index contributed by atoms with van der Waals surface area (Å²) in [7, 11) is 0. The molecule has 0 atom stereocenters. The van der Waals surface area contributed by atoms with E-state index in [2.05, 4.69) is 15.3 Å². The van der Waals surface area contributed by atoms with Gasteiger partial charge in [-0.05, 0) is 56.4 Å². The summed E-state index contributed by atoms with van der Waals surface area (Å²) in [5.41, 5.74) is 2.42. The van der Waals surface area contributed by atoms with Gasteiger partial charge in [-0.15, -0.1) is 10.2 Å². The second-order valence-electron chi connectivity index (χ2n) is 6.46. The monoisotopic (exact) mass is 296 g/mol. The number of halogens is 1. The predicted molar refractivity (Wildman–Crippen MR) is 81.3 cm³/mol. The molecule has 1 aromatic carbocycles. The highest BCUT2D eigenvalue weighted by molar-refractivity contribution is 5.50. The zero-order valence-corrected chi connectivity index (χ0v) is 12.6. The van der Waals surface area contributed by atoms with Crippen molar-refractivity contribution in [2.24, 2.45) is 0 Å². The van der Waals surface area contributed by atoms with Crippen molar-refractivity contribution in [1.29, 1.82) is 0 Å². The smallest absolute Gasteiger partial charge is 0.181 e. The van der Waals surface area contributed by atoms with Crippen LogP contribution in [0.15, 0.2) is 36.5 Å². The minimum atomic E-state index is -0.476. The Morgan fingerprint density at radius 1 is 1.18 bits per heavy atom. The fraction of sp³-hybridized carbons (Fsp3) is 0.353. The number of fused-ring (bicyclic) bond motifs is 1. The van der Waals surface area contributed by atoms with E-state index in [0.29, 0.717) is 5.92 Å². The van der Waals surface area contributed by atoms with Gasteiger partial charge in [0.2, 0.25) is 0 Å². The van der Waals surface area contributed by atoms with Gasteiger partial charge in [0, 0.05) is 11.8 Å². The van der Waals surface area contributed by atoms with Gasteiger partial charge in [0.25, 0.3) is 0 Å². The van der Waals surface area contributed by atoms with Gasteiger partial charge in [-0.2, -0.15) is 9.61 Å². The summed E-state index contributed by atoms with van der Waals surface area (Å²) in [6, 6.07) is 8.66. The van der Waals surface area contributed by atoms with Gasteiger partial charge in [-0.1, -0.05) is 12.1 Å². The Morgan fingerprint density at radius 3 is 2.73 bits per heavy atom. The van der Waals surface area contributed by atoms with Gasteiger partial charge in [0.05, 0.1) is 5.41 Å². The second-order valence-corrected chi connectivity index (χ2v) is 6.46. The number of nitrogens with zero attached hydrogens (tertiary/aromatic N) is 4. The lowest BCUT2D eigenvalue weighted by Crippen LogP contribution is -2.23. The number of benzene rings is 1. The maximum Gasteiger partial charge on any atom is 0.181 e. The van der Waals surface area contributed by atoms with Crippen molar-refractivity contribution in [2.75, 3.05) is 0 Å². The van der Waals surface area contributed by atoms with E-state index in [1.54, 1.807) is 22.8 Å². The maximum absolute atomic E-state index is 13.6. The summed E-state index contributed by atoms with van der Waals surface area (Å²) in [6.07, 6.45) is 4.21. The van der Waals surface area contributed by atoms with Gasteiger partial charge in [-0.3, -0.25) is 0 Å². The minimum absolute atomic E-state index is 0.244. The van der Waals surface area contributed by atoms with Crippen LogP contribution in [0.2, 0.25) is 0 Å². The van der Waals surface area contributed by atoms with Crippen LogP contribution in [0, 0.1) is 5.82 Å². The number of rotatable bonds is 3. The van der Waals surface area contributed by atoms with Gasteiger partial charge < -0.3 is 0 Å². The molecule has 1 aliphatic rings. The van der Waals surface area contributed by atoms with Gasteiger partial charge >= 0.3 is 0 Å². The maximum atomic E-state index is 13.6. The largest absolute Gasteiger partial charge is 0.207 e. The normalized spacial score (nSPS) is 15.4. The average molecular weight is 296 g/mol. The Kier molecular flexibility index (Phi) is 2.79. The number of aromatic nitrogens is 4. The van der Waals surface area contributed by atoms with Crippen molar-refractivity contribution in [3.8, 4) is 0 Å². The second kappa shape index (κ2) is 4.60. The SMILES string of the molecule is CC(C)(c1cccc(F)c1)c1nnc2c(C3CC3)ccnn12. The fourth-order valence-electron chi connectivity index (χ4n) is 2.93. The molecule has 4 rings (SSSR count). The summed E-state index contributed by atoms with van der Waals surface area (Å²) in [5, 5.41) is 13.1. The Balaban J connectivity index is 1.88. The fourth-order valence-corrected chi connectivity index (χ4v) is 2.93. The summed E-state index contributed by atoms with van der Waals surface area (Å²) >= 11 is 0. The molecular formula is C17H17FN4. The predicted octanol–water partition coefficient (Wildman–Crippen LogP) is 3.47. The first-order valence-electron chi connectivity index (χ1n) is 7.54. The first kappa shape index (κ1) is 13.4. The lowest BCUT2D eigenvalue weighted by molar-refractivity contribution is 0.556. The molecule has 0 spiro atoms. The highest BCUT2D eigenvalue weighted by atomic mass is 19.1. The Morgan fingerprint density at radius 2 is 2.00 bits per heavy atom. The highest BCUT2D eigenvalue weighted by Gasteiger charge is 2.32. The number of hydrogen-bond acceptors (Lipinski definition) is 3. The third kappa shape index (κ3) is 2.00.